The number of nitrogens with one attached hydrogen (secondary N) is 1. The van der Waals surface area contributed by atoms with Crippen LogP contribution in [0.5, 0.6) is 5.75 Å². The number of hydrogen-bond donors (Lipinski definition) is 1. The number of thioether (sulfide) groups is 1. The average Bonchev–Trinajstić information content (AvgIpc) is 3.48. The molecule has 8 heteroatoms. The van der Waals surface area contributed by atoms with Crippen LogP contribution in [0.1, 0.15) is 43.0 Å². The van der Waals surface area contributed by atoms with E-state index in [9.17, 15) is 4.79 Å². The lowest BCUT2D eigenvalue weighted by Crippen LogP contribution is -2.27. The van der Waals surface area contributed by atoms with Gasteiger partial charge in [0.2, 0.25) is 5.91 Å². The van der Waals surface area contributed by atoms with Crippen LogP contribution in [-0.4, -0.2) is 40.1 Å². The second-order valence-electron chi connectivity index (χ2n) is 7.66. The van der Waals surface area contributed by atoms with E-state index in [4.69, 9.17) is 4.74 Å². The second-order valence-corrected chi connectivity index (χ2v) is 9.64. The Morgan fingerprint density at radius 1 is 1.19 bits per heavy atom. The van der Waals surface area contributed by atoms with Crippen LogP contribution >= 0.6 is 23.1 Å². The van der Waals surface area contributed by atoms with Crippen molar-refractivity contribution in [2.75, 3.05) is 19.4 Å². The summed E-state index contributed by atoms with van der Waals surface area (Å²) in [6.07, 6.45) is 6.85. The van der Waals surface area contributed by atoms with Crippen molar-refractivity contribution in [3.63, 3.8) is 0 Å². The van der Waals surface area contributed by atoms with E-state index in [1.165, 1.54) is 35.9 Å². The molecular formula is C23H28N4O2S2. The van der Waals surface area contributed by atoms with Gasteiger partial charge in [0.1, 0.15) is 5.75 Å². The Bertz CT molecular complexity index is 964. The molecule has 0 spiro atoms. The van der Waals surface area contributed by atoms with Gasteiger partial charge in [0.15, 0.2) is 11.0 Å². The summed E-state index contributed by atoms with van der Waals surface area (Å²) in [7, 11) is 1.67. The molecule has 31 heavy (non-hydrogen) atoms. The first-order valence-corrected chi connectivity index (χ1v) is 12.6. The molecule has 0 radical (unpaired) electrons. The van der Waals surface area contributed by atoms with E-state index in [1.54, 1.807) is 18.4 Å². The van der Waals surface area contributed by atoms with Gasteiger partial charge in [-0.1, -0.05) is 37.1 Å². The lowest BCUT2D eigenvalue weighted by Gasteiger charge is -2.25. The molecule has 1 N–H and O–H groups in total. The number of amides is 1. The molecular weight excluding hydrogens is 428 g/mol. The third-order valence-electron chi connectivity index (χ3n) is 5.56. The molecule has 0 atom stereocenters. The predicted molar refractivity (Wildman–Crippen MR) is 126 cm³/mol. The number of thiophene rings is 1. The molecule has 6 nitrogen and oxygen atoms in total. The molecule has 0 bridgehead atoms. The van der Waals surface area contributed by atoms with Crippen LogP contribution in [-0.2, 0) is 11.2 Å². The zero-order valence-electron chi connectivity index (χ0n) is 17.8. The maximum absolute atomic E-state index is 12.4. The van der Waals surface area contributed by atoms with E-state index >= 15 is 0 Å². The summed E-state index contributed by atoms with van der Waals surface area (Å²) >= 11 is 3.19. The van der Waals surface area contributed by atoms with E-state index in [0.29, 0.717) is 18.3 Å². The zero-order valence-corrected chi connectivity index (χ0v) is 19.4. The standard InChI is InChI=1S/C23H28N4O2S2/c1-29-19-11-9-17(10-12-19)22-25-26-23(27(22)18-6-3-2-4-7-18)31-16-21(28)24-14-13-20-8-5-15-30-20/h5,8-12,15,18H,2-4,6-7,13-14,16H2,1H3,(H,24,28). The lowest BCUT2D eigenvalue weighted by atomic mass is 9.95. The van der Waals surface area contributed by atoms with Crippen molar-refractivity contribution in [2.45, 2.75) is 49.7 Å². The predicted octanol–water partition coefficient (Wildman–Crippen LogP) is 4.97. The largest absolute Gasteiger partial charge is 0.497 e. The fraction of sp³-hybridized carbons (Fsp3) is 0.435. The van der Waals surface area contributed by atoms with Gasteiger partial charge < -0.3 is 10.1 Å². The van der Waals surface area contributed by atoms with Crippen LogP contribution < -0.4 is 10.1 Å². The molecule has 1 saturated carbocycles. The summed E-state index contributed by atoms with van der Waals surface area (Å²) in [5.41, 5.74) is 1.02. The van der Waals surface area contributed by atoms with Gasteiger partial charge in [0.05, 0.1) is 12.9 Å². The third-order valence-corrected chi connectivity index (χ3v) is 7.44. The molecule has 164 valence electrons. The summed E-state index contributed by atoms with van der Waals surface area (Å²) in [4.78, 5) is 13.7. The Labute approximate surface area is 191 Å². The van der Waals surface area contributed by atoms with Gasteiger partial charge in [-0.2, -0.15) is 0 Å². The minimum atomic E-state index is 0.0331. The molecule has 1 aliphatic rings. The Hall–Kier alpha value is -2.32. The average molecular weight is 457 g/mol. The highest BCUT2D eigenvalue weighted by Gasteiger charge is 2.24. The first-order chi connectivity index (χ1) is 15.2. The van der Waals surface area contributed by atoms with E-state index in [-0.39, 0.29) is 5.91 Å². The van der Waals surface area contributed by atoms with Crippen LogP contribution in [0.2, 0.25) is 0 Å². The summed E-state index contributed by atoms with van der Waals surface area (Å²) in [5.74, 6) is 2.07. The number of benzene rings is 1. The highest BCUT2D eigenvalue weighted by atomic mass is 32.2. The maximum Gasteiger partial charge on any atom is 0.230 e. The fourth-order valence-corrected chi connectivity index (χ4v) is 5.49. The lowest BCUT2D eigenvalue weighted by molar-refractivity contribution is -0.118. The molecule has 3 aromatic rings. The highest BCUT2D eigenvalue weighted by molar-refractivity contribution is 7.99. The Morgan fingerprint density at radius 2 is 2.00 bits per heavy atom. The molecule has 1 aliphatic carbocycles. The van der Waals surface area contributed by atoms with Crippen molar-refractivity contribution in [1.82, 2.24) is 20.1 Å². The number of nitrogens with zero attached hydrogens (tertiary/aromatic N) is 3. The van der Waals surface area contributed by atoms with Gasteiger partial charge in [-0.3, -0.25) is 9.36 Å². The minimum Gasteiger partial charge on any atom is -0.497 e. The Morgan fingerprint density at radius 3 is 2.71 bits per heavy atom. The summed E-state index contributed by atoms with van der Waals surface area (Å²) < 4.78 is 7.54. The van der Waals surface area contributed by atoms with Crippen molar-refractivity contribution in [2.24, 2.45) is 0 Å². The summed E-state index contributed by atoms with van der Waals surface area (Å²) in [5, 5.41) is 14.9. The van der Waals surface area contributed by atoms with Gasteiger partial charge in [-0.25, -0.2) is 0 Å². The van der Waals surface area contributed by atoms with Crippen molar-refractivity contribution < 1.29 is 9.53 Å². The second kappa shape index (κ2) is 10.8. The van der Waals surface area contributed by atoms with E-state index in [0.717, 1.165) is 41.6 Å². The molecule has 1 amide bonds. The number of rotatable bonds is 9. The topological polar surface area (TPSA) is 69.0 Å². The Balaban J connectivity index is 1.44. The van der Waals surface area contributed by atoms with E-state index in [1.807, 2.05) is 30.3 Å². The van der Waals surface area contributed by atoms with Gasteiger partial charge in [0.25, 0.3) is 0 Å². The quantitative estimate of drug-likeness (QED) is 0.460. The van der Waals surface area contributed by atoms with Crippen LogP contribution in [0.15, 0.2) is 46.9 Å². The number of aromatic nitrogens is 3. The molecule has 2 aromatic heterocycles. The van der Waals surface area contributed by atoms with Crippen LogP contribution in [0.4, 0.5) is 0 Å². The van der Waals surface area contributed by atoms with Gasteiger partial charge >= 0.3 is 0 Å². The Kier molecular flexibility index (Phi) is 7.64. The molecule has 2 heterocycles. The van der Waals surface area contributed by atoms with Gasteiger partial charge in [0, 0.05) is 23.0 Å². The number of methoxy groups -OCH3 is 1. The van der Waals surface area contributed by atoms with Gasteiger partial charge in [-0.15, -0.1) is 21.5 Å². The number of carbonyl (C=O) groups excluding carboxylic acids is 1. The third kappa shape index (κ3) is 5.68. The summed E-state index contributed by atoms with van der Waals surface area (Å²) in [6.45, 7) is 0.659. The van der Waals surface area contributed by atoms with Crippen molar-refractivity contribution in [3.8, 4) is 17.1 Å². The SMILES string of the molecule is COc1ccc(-c2nnc(SCC(=O)NCCc3cccs3)n2C2CCCCC2)cc1. The highest BCUT2D eigenvalue weighted by Crippen LogP contribution is 2.35. The van der Waals surface area contributed by atoms with Crippen LogP contribution in [0, 0.1) is 0 Å². The molecule has 1 aromatic carbocycles. The molecule has 0 aliphatic heterocycles. The zero-order chi connectivity index (χ0) is 21.5. The van der Waals surface area contributed by atoms with E-state index in [2.05, 4.69) is 31.5 Å². The molecule has 0 saturated heterocycles. The molecule has 1 fully saturated rings. The monoisotopic (exact) mass is 456 g/mol. The minimum absolute atomic E-state index is 0.0331. The first-order valence-electron chi connectivity index (χ1n) is 10.8. The number of hydrogen-bond acceptors (Lipinski definition) is 6. The fourth-order valence-electron chi connectivity index (χ4n) is 3.94. The van der Waals surface area contributed by atoms with Crippen molar-refractivity contribution in [3.05, 3.63) is 46.7 Å². The van der Waals surface area contributed by atoms with Crippen LogP contribution in [0.25, 0.3) is 11.4 Å². The maximum atomic E-state index is 12.4. The number of ether oxygens (including phenoxy) is 1. The first kappa shape index (κ1) is 21.9. The summed E-state index contributed by atoms with van der Waals surface area (Å²) in [6, 6.07) is 12.5. The normalized spacial score (nSPS) is 14.5. The van der Waals surface area contributed by atoms with Gasteiger partial charge in [-0.05, 0) is 55.0 Å². The smallest absolute Gasteiger partial charge is 0.230 e. The van der Waals surface area contributed by atoms with E-state index < -0.39 is 0 Å². The van der Waals surface area contributed by atoms with Crippen molar-refractivity contribution in [1.29, 1.82) is 0 Å². The molecule has 0 unspecified atom stereocenters. The molecule has 4 rings (SSSR count). The van der Waals surface area contributed by atoms with Crippen molar-refractivity contribution >= 4 is 29.0 Å². The number of carbonyl (C=O) groups is 1. The van der Waals surface area contributed by atoms with Crippen LogP contribution in [0.3, 0.4) is 0 Å².